The number of para-hydroxylation sites is 1. The zero-order valence-corrected chi connectivity index (χ0v) is 18.1. The first-order valence-corrected chi connectivity index (χ1v) is 10.1. The Hall–Kier alpha value is -2.18. The van der Waals surface area contributed by atoms with Crippen LogP contribution in [0.15, 0.2) is 53.0 Å². The smallest absolute Gasteiger partial charge is 0.175 e. The molecule has 140 valence electrons. The fraction of sp³-hybridized carbons (Fsp3) is 0.238. The lowest BCUT2D eigenvalue weighted by atomic mass is 10.1. The minimum atomic E-state index is 0.574. The maximum Gasteiger partial charge on any atom is 0.175 e. The van der Waals surface area contributed by atoms with Crippen molar-refractivity contribution in [3.8, 4) is 0 Å². The molecule has 3 rings (SSSR count). The van der Waals surface area contributed by atoms with Crippen LogP contribution in [0.25, 0.3) is 0 Å². The Morgan fingerprint density at radius 3 is 2.48 bits per heavy atom. The first-order chi connectivity index (χ1) is 13.0. The first-order valence-electron chi connectivity index (χ1n) is 8.92. The molecule has 4 nitrogen and oxygen atoms in total. The molecule has 0 amide bonds. The predicted molar refractivity (Wildman–Crippen MR) is 121 cm³/mol. The number of hydrogen-bond donors (Lipinski definition) is 2. The van der Waals surface area contributed by atoms with Gasteiger partial charge in [-0.2, -0.15) is 5.10 Å². The monoisotopic (exact) mass is 442 g/mol. The molecule has 0 radical (unpaired) electrons. The van der Waals surface area contributed by atoms with Crippen LogP contribution in [-0.4, -0.2) is 14.9 Å². The summed E-state index contributed by atoms with van der Waals surface area (Å²) in [6, 6.07) is 16.5. The normalized spacial score (nSPS) is 10.7. The molecule has 1 heterocycles. The minimum absolute atomic E-state index is 0.574. The second-order valence-corrected chi connectivity index (χ2v) is 7.74. The van der Waals surface area contributed by atoms with E-state index >= 15 is 0 Å². The standard InChI is InChI=1S/C21H23BrN4S/c1-4-17-7-5-6-8-19(17)23-21(27)24-20-14(2)25-26(15(20)3)13-16-9-11-18(22)12-10-16/h5-12H,4,13H2,1-3H3,(H2,23,24,27). The Morgan fingerprint density at radius 1 is 1.07 bits per heavy atom. The molecule has 0 fully saturated rings. The molecule has 2 N–H and O–H groups in total. The van der Waals surface area contributed by atoms with Gasteiger partial charge in [0.05, 0.1) is 23.6 Å². The summed E-state index contributed by atoms with van der Waals surface area (Å²) in [6.45, 7) is 6.91. The number of benzene rings is 2. The fourth-order valence-electron chi connectivity index (χ4n) is 3.01. The Bertz CT molecular complexity index is 947. The lowest BCUT2D eigenvalue weighted by Crippen LogP contribution is -2.20. The molecule has 0 saturated carbocycles. The highest BCUT2D eigenvalue weighted by Crippen LogP contribution is 2.22. The number of nitrogens with one attached hydrogen (secondary N) is 2. The molecule has 0 aliphatic heterocycles. The molecule has 0 unspecified atom stereocenters. The van der Waals surface area contributed by atoms with Gasteiger partial charge in [-0.05, 0) is 61.8 Å². The van der Waals surface area contributed by atoms with Crippen LogP contribution in [0.5, 0.6) is 0 Å². The summed E-state index contributed by atoms with van der Waals surface area (Å²) in [7, 11) is 0. The van der Waals surface area contributed by atoms with Crippen molar-refractivity contribution in [2.45, 2.75) is 33.7 Å². The van der Waals surface area contributed by atoms with Crippen LogP contribution >= 0.6 is 28.1 Å². The summed E-state index contributed by atoms with van der Waals surface area (Å²) in [5.74, 6) is 0. The van der Waals surface area contributed by atoms with Crippen LogP contribution in [0.4, 0.5) is 11.4 Å². The van der Waals surface area contributed by atoms with Crippen LogP contribution < -0.4 is 10.6 Å². The highest BCUT2D eigenvalue weighted by atomic mass is 79.9. The largest absolute Gasteiger partial charge is 0.332 e. The summed E-state index contributed by atoms with van der Waals surface area (Å²) >= 11 is 9.01. The maximum absolute atomic E-state index is 5.53. The average Bonchev–Trinajstić information content (AvgIpc) is 2.91. The quantitative estimate of drug-likeness (QED) is 0.498. The molecule has 1 aromatic heterocycles. The number of hydrogen-bond acceptors (Lipinski definition) is 2. The van der Waals surface area contributed by atoms with Gasteiger partial charge in [0.1, 0.15) is 0 Å². The molecule has 0 spiro atoms. The van der Waals surface area contributed by atoms with Crippen LogP contribution in [0.1, 0.15) is 29.4 Å². The van der Waals surface area contributed by atoms with Gasteiger partial charge in [-0.25, -0.2) is 0 Å². The van der Waals surface area contributed by atoms with E-state index in [1.54, 1.807) is 0 Å². The van der Waals surface area contributed by atoms with E-state index in [2.05, 4.69) is 63.7 Å². The maximum atomic E-state index is 5.53. The number of thiocarbonyl (C=S) groups is 1. The van der Waals surface area contributed by atoms with Crippen LogP contribution in [0.2, 0.25) is 0 Å². The lowest BCUT2D eigenvalue weighted by Gasteiger charge is -2.14. The molecule has 3 aromatic rings. The third-order valence-corrected chi connectivity index (χ3v) is 5.24. The molecular formula is C21H23BrN4S. The van der Waals surface area contributed by atoms with Crippen molar-refractivity contribution >= 4 is 44.6 Å². The number of nitrogens with zero attached hydrogens (tertiary/aromatic N) is 2. The molecule has 0 atom stereocenters. The number of aromatic nitrogens is 2. The average molecular weight is 443 g/mol. The van der Waals surface area contributed by atoms with E-state index in [9.17, 15) is 0 Å². The van der Waals surface area contributed by atoms with Crippen molar-refractivity contribution < 1.29 is 0 Å². The van der Waals surface area contributed by atoms with Gasteiger partial charge in [0.15, 0.2) is 5.11 Å². The summed E-state index contributed by atoms with van der Waals surface area (Å²) in [5, 5.41) is 11.9. The van der Waals surface area contributed by atoms with Crippen LogP contribution in [-0.2, 0) is 13.0 Å². The van der Waals surface area contributed by atoms with Gasteiger partial charge in [-0.1, -0.05) is 53.2 Å². The van der Waals surface area contributed by atoms with Gasteiger partial charge in [0, 0.05) is 10.2 Å². The van der Waals surface area contributed by atoms with Crippen molar-refractivity contribution in [2.24, 2.45) is 0 Å². The second-order valence-electron chi connectivity index (χ2n) is 6.42. The summed E-state index contributed by atoms with van der Waals surface area (Å²) in [5.41, 5.74) is 6.42. The van der Waals surface area contributed by atoms with E-state index in [1.165, 1.54) is 11.1 Å². The molecule has 0 aliphatic rings. The highest BCUT2D eigenvalue weighted by molar-refractivity contribution is 9.10. The van der Waals surface area contributed by atoms with E-state index < -0.39 is 0 Å². The number of halogens is 1. The van der Waals surface area contributed by atoms with Crippen molar-refractivity contribution in [1.29, 1.82) is 0 Å². The minimum Gasteiger partial charge on any atom is -0.332 e. The highest BCUT2D eigenvalue weighted by Gasteiger charge is 2.13. The van der Waals surface area contributed by atoms with Gasteiger partial charge in [-0.3, -0.25) is 4.68 Å². The van der Waals surface area contributed by atoms with Gasteiger partial charge in [0.25, 0.3) is 0 Å². The van der Waals surface area contributed by atoms with E-state index in [0.717, 1.165) is 40.2 Å². The molecule has 2 aromatic carbocycles. The topological polar surface area (TPSA) is 41.9 Å². The third kappa shape index (κ3) is 4.76. The summed E-state index contributed by atoms with van der Waals surface area (Å²) in [6.07, 6.45) is 0.953. The van der Waals surface area contributed by atoms with E-state index in [4.69, 9.17) is 12.2 Å². The summed E-state index contributed by atoms with van der Waals surface area (Å²) < 4.78 is 3.08. The molecule has 0 aliphatic carbocycles. The van der Waals surface area contributed by atoms with Gasteiger partial charge >= 0.3 is 0 Å². The SMILES string of the molecule is CCc1ccccc1NC(=S)Nc1c(C)nn(Cc2ccc(Br)cc2)c1C. The Morgan fingerprint density at radius 2 is 1.78 bits per heavy atom. The zero-order valence-electron chi connectivity index (χ0n) is 15.7. The van der Waals surface area contributed by atoms with Crippen molar-refractivity contribution in [2.75, 3.05) is 10.6 Å². The fourth-order valence-corrected chi connectivity index (χ4v) is 3.49. The molecule has 6 heteroatoms. The zero-order chi connectivity index (χ0) is 19.4. The Labute approximate surface area is 174 Å². The van der Waals surface area contributed by atoms with Crippen LogP contribution in [0, 0.1) is 13.8 Å². The molecular weight excluding hydrogens is 420 g/mol. The summed E-state index contributed by atoms with van der Waals surface area (Å²) in [4.78, 5) is 0. The number of rotatable bonds is 5. The van der Waals surface area contributed by atoms with Gasteiger partial charge in [-0.15, -0.1) is 0 Å². The lowest BCUT2D eigenvalue weighted by molar-refractivity contribution is 0.659. The van der Waals surface area contributed by atoms with Gasteiger partial charge < -0.3 is 10.6 Å². The molecule has 0 bridgehead atoms. The molecule has 0 saturated heterocycles. The van der Waals surface area contributed by atoms with Crippen molar-refractivity contribution in [3.63, 3.8) is 0 Å². The third-order valence-electron chi connectivity index (χ3n) is 4.51. The number of anilines is 2. The number of aryl methyl sites for hydroxylation is 2. The molecule has 27 heavy (non-hydrogen) atoms. The van der Waals surface area contributed by atoms with Crippen molar-refractivity contribution in [3.05, 3.63) is 75.5 Å². The Balaban J connectivity index is 1.74. The predicted octanol–water partition coefficient (Wildman–Crippen LogP) is 5.68. The van der Waals surface area contributed by atoms with Crippen LogP contribution in [0.3, 0.4) is 0 Å². The second kappa shape index (κ2) is 8.67. The van der Waals surface area contributed by atoms with E-state index in [-0.39, 0.29) is 0 Å². The first kappa shape index (κ1) is 19.6. The Kier molecular flexibility index (Phi) is 6.29. The van der Waals surface area contributed by atoms with Crippen molar-refractivity contribution in [1.82, 2.24) is 9.78 Å². The van der Waals surface area contributed by atoms with Gasteiger partial charge in [0.2, 0.25) is 0 Å². The van der Waals surface area contributed by atoms with E-state index in [1.807, 2.05) is 41.9 Å². The van der Waals surface area contributed by atoms with E-state index in [0.29, 0.717) is 5.11 Å².